The van der Waals surface area contributed by atoms with E-state index in [0.29, 0.717) is 11.3 Å². The summed E-state index contributed by atoms with van der Waals surface area (Å²) in [6.45, 7) is 0.857. The summed E-state index contributed by atoms with van der Waals surface area (Å²) >= 11 is 0. The molecule has 1 aliphatic rings. The fourth-order valence-corrected chi connectivity index (χ4v) is 4.67. The molecule has 26 heavy (non-hydrogen) atoms. The number of piperidine rings is 1. The molecule has 0 bridgehead atoms. The van der Waals surface area contributed by atoms with Gasteiger partial charge in [-0.3, -0.25) is 4.79 Å². The molecule has 0 spiro atoms. The van der Waals surface area contributed by atoms with Crippen molar-refractivity contribution in [3.05, 3.63) is 65.7 Å². The lowest BCUT2D eigenvalue weighted by atomic mass is 10.0. The molecule has 3 rings (SSSR count). The SMILES string of the molecule is O=C(Nc1cccc(CS(=O)(=O)Cc2ccccc2)c1)C1CCCCN1. The molecule has 0 saturated carbocycles. The molecule has 0 aliphatic carbocycles. The Morgan fingerprint density at radius 1 is 1.00 bits per heavy atom. The van der Waals surface area contributed by atoms with E-state index < -0.39 is 9.84 Å². The fourth-order valence-electron chi connectivity index (χ4n) is 3.18. The molecule has 2 aromatic rings. The quantitative estimate of drug-likeness (QED) is 0.818. The van der Waals surface area contributed by atoms with Gasteiger partial charge in [-0.05, 0) is 42.6 Å². The molecular weight excluding hydrogens is 348 g/mol. The van der Waals surface area contributed by atoms with Crippen LogP contribution >= 0.6 is 0 Å². The van der Waals surface area contributed by atoms with Crippen LogP contribution in [0.5, 0.6) is 0 Å². The molecule has 1 unspecified atom stereocenters. The van der Waals surface area contributed by atoms with Gasteiger partial charge in [0.1, 0.15) is 0 Å². The summed E-state index contributed by atoms with van der Waals surface area (Å²) in [4.78, 5) is 12.3. The van der Waals surface area contributed by atoms with Gasteiger partial charge in [0.2, 0.25) is 5.91 Å². The number of carbonyl (C=O) groups is 1. The van der Waals surface area contributed by atoms with Crippen LogP contribution in [-0.2, 0) is 26.1 Å². The van der Waals surface area contributed by atoms with E-state index in [0.717, 1.165) is 31.4 Å². The average Bonchev–Trinajstić information content (AvgIpc) is 2.62. The summed E-state index contributed by atoms with van der Waals surface area (Å²) in [6.07, 6.45) is 2.97. The van der Waals surface area contributed by atoms with Gasteiger partial charge >= 0.3 is 0 Å². The lowest BCUT2D eigenvalue weighted by molar-refractivity contribution is -0.118. The number of carbonyl (C=O) groups excluding carboxylic acids is 1. The number of anilines is 1. The number of hydrogen-bond donors (Lipinski definition) is 2. The molecule has 1 fully saturated rings. The van der Waals surface area contributed by atoms with Crippen molar-refractivity contribution < 1.29 is 13.2 Å². The Kier molecular flexibility index (Phi) is 6.06. The summed E-state index contributed by atoms with van der Waals surface area (Å²) in [6, 6.07) is 16.1. The minimum absolute atomic E-state index is 0.0103. The highest BCUT2D eigenvalue weighted by Gasteiger charge is 2.20. The second kappa shape index (κ2) is 8.47. The van der Waals surface area contributed by atoms with Crippen molar-refractivity contribution >= 4 is 21.4 Å². The van der Waals surface area contributed by atoms with E-state index in [1.807, 2.05) is 30.3 Å². The maximum absolute atomic E-state index is 12.5. The van der Waals surface area contributed by atoms with Crippen LogP contribution < -0.4 is 10.6 Å². The number of hydrogen-bond acceptors (Lipinski definition) is 4. The predicted octanol–water partition coefficient (Wildman–Crippen LogP) is 2.88. The van der Waals surface area contributed by atoms with Gasteiger partial charge in [-0.15, -0.1) is 0 Å². The first-order valence-electron chi connectivity index (χ1n) is 8.89. The minimum atomic E-state index is -3.28. The molecule has 2 aromatic carbocycles. The predicted molar refractivity (Wildman–Crippen MR) is 103 cm³/mol. The third-order valence-corrected chi connectivity index (χ3v) is 5.98. The molecule has 0 aromatic heterocycles. The van der Waals surface area contributed by atoms with Gasteiger partial charge in [0.15, 0.2) is 9.84 Å². The van der Waals surface area contributed by atoms with Crippen LogP contribution in [0.2, 0.25) is 0 Å². The number of amides is 1. The van der Waals surface area contributed by atoms with Gasteiger partial charge in [-0.2, -0.15) is 0 Å². The van der Waals surface area contributed by atoms with Crippen molar-refractivity contribution in [2.45, 2.75) is 36.8 Å². The normalized spacial score (nSPS) is 17.6. The molecule has 0 radical (unpaired) electrons. The third-order valence-electron chi connectivity index (χ3n) is 4.44. The zero-order valence-electron chi connectivity index (χ0n) is 14.6. The second-order valence-corrected chi connectivity index (χ2v) is 8.77. The van der Waals surface area contributed by atoms with Gasteiger partial charge in [-0.25, -0.2) is 8.42 Å². The van der Waals surface area contributed by atoms with Gasteiger partial charge < -0.3 is 10.6 Å². The number of benzene rings is 2. The van der Waals surface area contributed by atoms with E-state index in [2.05, 4.69) is 10.6 Å². The number of rotatable bonds is 6. The molecule has 6 heteroatoms. The van der Waals surface area contributed by atoms with Gasteiger partial charge in [0, 0.05) is 5.69 Å². The Bertz CT molecular complexity index is 844. The third kappa shape index (κ3) is 5.41. The Labute approximate surface area is 154 Å². The van der Waals surface area contributed by atoms with Gasteiger partial charge in [0.05, 0.1) is 17.5 Å². The first-order valence-corrected chi connectivity index (χ1v) is 10.7. The lowest BCUT2D eigenvalue weighted by Crippen LogP contribution is -2.43. The average molecular weight is 372 g/mol. The van der Waals surface area contributed by atoms with E-state index in [4.69, 9.17) is 0 Å². The summed E-state index contributed by atoms with van der Waals surface area (Å²) < 4.78 is 24.9. The van der Waals surface area contributed by atoms with Crippen LogP contribution in [0.3, 0.4) is 0 Å². The van der Waals surface area contributed by atoms with E-state index in [1.54, 1.807) is 24.3 Å². The van der Waals surface area contributed by atoms with Crippen LogP contribution in [-0.4, -0.2) is 26.9 Å². The van der Waals surface area contributed by atoms with E-state index in [1.165, 1.54) is 0 Å². The summed E-state index contributed by atoms with van der Waals surface area (Å²) in [5.41, 5.74) is 2.09. The number of nitrogens with one attached hydrogen (secondary N) is 2. The zero-order valence-corrected chi connectivity index (χ0v) is 15.5. The van der Waals surface area contributed by atoms with Crippen LogP contribution in [0, 0.1) is 0 Å². The first-order chi connectivity index (χ1) is 12.5. The largest absolute Gasteiger partial charge is 0.325 e. The Balaban J connectivity index is 1.64. The van der Waals surface area contributed by atoms with Crippen LogP contribution in [0.15, 0.2) is 54.6 Å². The van der Waals surface area contributed by atoms with E-state index in [9.17, 15) is 13.2 Å². The topological polar surface area (TPSA) is 75.3 Å². The van der Waals surface area contributed by atoms with Crippen LogP contribution in [0.4, 0.5) is 5.69 Å². The Hall–Kier alpha value is -2.18. The van der Waals surface area contributed by atoms with E-state index >= 15 is 0 Å². The molecule has 1 amide bonds. The Morgan fingerprint density at radius 3 is 2.46 bits per heavy atom. The van der Waals surface area contributed by atoms with Crippen molar-refractivity contribution in [1.82, 2.24) is 5.32 Å². The standard InChI is InChI=1S/C20H24N2O3S/c23-20(19-11-4-5-12-21-19)22-18-10-6-9-17(13-18)15-26(24,25)14-16-7-2-1-3-8-16/h1-3,6-10,13,19,21H,4-5,11-12,14-15H2,(H,22,23). The summed E-state index contributed by atoms with van der Waals surface area (Å²) in [7, 11) is -3.28. The molecule has 138 valence electrons. The molecule has 2 N–H and O–H groups in total. The Morgan fingerprint density at radius 2 is 1.73 bits per heavy atom. The molecule has 1 aliphatic heterocycles. The highest BCUT2D eigenvalue weighted by atomic mass is 32.2. The van der Waals surface area contributed by atoms with Crippen LogP contribution in [0.1, 0.15) is 30.4 Å². The molecule has 1 heterocycles. The zero-order chi connectivity index (χ0) is 18.4. The number of sulfone groups is 1. The minimum Gasteiger partial charge on any atom is -0.325 e. The first kappa shape index (κ1) is 18.6. The lowest BCUT2D eigenvalue weighted by Gasteiger charge is -2.22. The molecule has 1 saturated heterocycles. The van der Waals surface area contributed by atoms with Crippen molar-refractivity contribution in [2.75, 3.05) is 11.9 Å². The summed E-state index contributed by atoms with van der Waals surface area (Å²) in [5, 5.41) is 6.10. The van der Waals surface area contributed by atoms with Crippen molar-refractivity contribution in [2.24, 2.45) is 0 Å². The second-order valence-electron chi connectivity index (χ2n) is 6.71. The highest BCUT2D eigenvalue weighted by molar-refractivity contribution is 7.89. The smallest absolute Gasteiger partial charge is 0.241 e. The highest BCUT2D eigenvalue weighted by Crippen LogP contribution is 2.17. The van der Waals surface area contributed by atoms with Crippen molar-refractivity contribution in [1.29, 1.82) is 0 Å². The molecular formula is C20H24N2O3S. The summed E-state index contributed by atoms with van der Waals surface area (Å²) in [5.74, 6) is -0.0991. The fraction of sp³-hybridized carbons (Fsp3) is 0.350. The molecule has 1 atom stereocenters. The van der Waals surface area contributed by atoms with Crippen molar-refractivity contribution in [3.63, 3.8) is 0 Å². The van der Waals surface area contributed by atoms with Gasteiger partial charge in [-0.1, -0.05) is 48.9 Å². The van der Waals surface area contributed by atoms with Crippen LogP contribution in [0.25, 0.3) is 0 Å². The van der Waals surface area contributed by atoms with Crippen molar-refractivity contribution in [3.8, 4) is 0 Å². The van der Waals surface area contributed by atoms with Gasteiger partial charge in [0.25, 0.3) is 0 Å². The molecule has 5 nitrogen and oxygen atoms in total. The monoisotopic (exact) mass is 372 g/mol. The van der Waals surface area contributed by atoms with E-state index in [-0.39, 0.29) is 23.5 Å². The maximum atomic E-state index is 12.5. The maximum Gasteiger partial charge on any atom is 0.241 e.